The highest BCUT2D eigenvalue weighted by Gasteiger charge is 2.27. The van der Waals surface area contributed by atoms with Crippen molar-refractivity contribution in [3.05, 3.63) is 66.4 Å². The Morgan fingerprint density at radius 2 is 1.79 bits per heavy atom. The van der Waals surface area contributed by atoms with Gasteiger partial charge >= 0.3 is 5.97 Å². The lowest BCUT2D eigenvalue weighted by Crippen LogP contribution is -2.28. The van der Waals surface area contributed by atoms with Crippen molar-refractivity contribution in [3.8, 4) is 28.4 Å². The number of carbonyl (C=O) groups is 1. The van der Waals surface area contributed by atoms with Crippen molar-refractivity contribution in [2.75, 3.05) is 0 Å². The monoisotopic (exact) mass is 449 g/mol. The number of halogens is 2. The second-order valence-corrected chi connectivity index (χ2v) is 8.26. The number of carboxylic acids is 1. The Labute approximate surface area is 188 Å². The number of nitrogens with zero attached hydrogens (tertiary/aromatic N) is 2. The van der Waals surface area contributed by atoms with Crippen LogP contribution in [-0.2, 0) is 4.79 Å². The van der Waals surface area contributed by atoms with Crippen LogP contribution in [0.5, 0.6) is 5.88 Å². The number of ether oxygens (including phenoxy) is 1. The number of H-pyrrole nitrogens is 1. The molecule has 1 aliphatic carbocycles. The lowest BCUT2D eigenvalue weighted by atomic mass is 9.87. The van der Waals surface area contributed by atoms with Crippen LogP contribution in [0.3, 0.4) is 0 Å². The highest BCUT2D eigenvalue weighted by Crippen LogP contribution is 2.30. The molecule has 0 radical (unpaired) electrons. The quantitative estimate of drug-likeness (QED) is 0.415. The van der Waals surface area contributed by atoms with Crippen LogP contribution in [0.1, 0.15) is 25.7 Å². The molecule has 0 unspecified atom stereocenters. The van der Waals surface area contributed by atoms with Crippen molar-refractivity contribution in [2.24, 2.45) is 5.92 Å². The molecule has 33 heavy (non-hydrogen) atoms. The highest BCUT2D eigenvalue weighted by molar-refractivity contribution is 5.80. The minimum Gasteiger partial charge on any atom is -0.481 e. The number of nitrogens with one attached hydrogen (secondary N) is 1. The lowest BCUT2D eigenvalue weighted by Gasteiger charge is -2.26. The summed E-state index contributed by atoms with van der Waals surface area (Å²) in [5.41, 5.74) is 2.74. The van der Waals surface area contributed by atoms with Crippen LogP contribution < -0.4 is 4.74 Å². The molecule has 2 aromatic carbocycles. The lowest BCUT2D eigenvalue weighted by molar-refractivity contribution is -0.143. The average molecular weight is 449 g/mol. The predicted octanol–water partition coefficient (Wildman–Crippen LogP) is 5.59. The van der Waals surface area contributed by atoms with E-state index in [-0.39, 0.29) is 17.8 Å². The van der Waals surface area contributed by atoms with Crippen LogP contribution in [0, 0.1) is 17.6 Å². The van der Waals surface area contributed by atoms with Gasteiger partial charge in [0.05, 0.1) is 22.5 Å². The van der Waals surface area contributed by atoms with Gasteiger partial charge in [0.1, 0.15) is 23.6 Å². The van der Waals surface area contributed by atoms with Crippen molar-refractivity contribution in [2.45, 2.75) is 31.8 Å². The third-order valence-corrected chi connectivity index (χ3v) is 6.05. The Balaban J connectivity index is 1.29. The Morgan fingerprint density at radius 1 is 1.00 bits per heavy atom. The normalized spacial score (nSPS) is 18.4. The summed E-state index contributed by atoms with van der Waals surface area (Å²) < 4.78 is 34.2. The standard InChI is InChI=1S/C25H21F2N3O3/c26-17-5-9-21-22(12-17)30-24(29-21)19-8-3-15(11-20(19)27)16-4-10-23(28-13-16)33-18-6-1-14(2-7-18)25(31)32/h3-5,8-14,18H,1-2,6-7H2,(H,29,30)(H,31,32). The predicted molar refractivity (Wildman–Crippen MR) is 119 cm³/mol. The fourth-order valence-electron chi connectivity index (χ4n) is 4.22. The highest BCUT2D eigenvalue weighted by atomic mass is 19.1. The zero-order valence-corrected chi connectivity index (χ0v) is 17.6. The number of benzene rings is 2. The van der Waals surface area contributed by atoms with Crippen molar-refractivity contribution in [1.29, 1.82) is 0 Å². The van der Waals surface area contributed by atoms with Gasteiger partial charge in [-0.25, -0.2) is 18.7 Å². The first kappa shape index (κ1) is 21.1. The molecule has 2 N–H and O–H groups in total. The smallest absolute Gasteiger partial charge is 0.306 e. The number of carboxylic acid groups (broad SMARTS) is 1. The number of hydrogen-bond donors (Lipinski definition) is 2. The number of aromatic nitrogens is 3. The third-order valence-electron chi connectivity index (χ3n) is 6.05. The molecule has 2 heterocycles. The summed E-state index contributed by atoms with van der Waals surface area (Å²) in [6, 6.07) is 12.5. The summed E-state index contributed by atoms with van der Waals surface area (Å²) in [7, 11) is 0. The van der Waals surface area contributed by atoms with Crippen molar-refractivity contribution < 1.29 is 23.4 Å². The van der Waals surface area contributed by atoms with Crippen molar-refractivity contribution in [3.63, 3.8) is 0 Å². The Kier molecular flexibility index (Phi) is 5.50. The molecule has 0 bridgehead atoms. The maximum absolute atomic E-state index is 14.9. The van der Waals surface area contributed by atoms with Gasteiger partial charge in [-0.05, 0) is 67.6 Å². The van der Waals surface area contributed by atoms with Gasteiger partial charge in [-0.3, -0.25) is 4.79 Å². The molecule has 0 saturated heterocycles. The molecule has 6 nitrogen and oxygen atoms in total. The molecule has 0 aliphatic heterocycles. The molecule has 8 heteroatoms. The van der Waals surface area contributed by atoms with Crippen LogP contribution >= 0.6 is 0 Å². The minimum atomic E-state index is -0.747. The number of hydrogen-bond acceptors (Lipinski definition) is 4. The largest absolute Gasteiger partial charge is 0.481 e. The van der Waals surface area contributed by atoms with Gasteiger partial charge in [-0.1, -0.05) is 6.07 Å². The third kappa shape index (κ3) is 4.41. The van der Waals surface area contributed by atoms with Crippen molar-refractivity contribution >= 4 is 17.0 Å². The van der Waals surface area contributed by atoms with Gasteiger partial charge in [0, 0.05) is 17.8 Å². The number of fused-ring (bicyclic) bond motifs is 1. The van der Waals surface area contributed by atoms with E-state index in [9.17, 15) is 13.6 Å². The molecule has 0 amide bonds. The Morgan fingerprint density at radius 3 is 2.48 bits per heavy atom. The van der Waals surface area contributed by atoms with E-state index in [1.165, 1.54) is 18.2 Å². The average Bonchev–Trinajstić information content (AvgIpc) is 3.22. The second kappa shape index (κ2) is 8.61. The van der Waals surface area contributed by atoms with Crippen LogP contribution in [0.25, 0.3) is 33.5 Å². The molecule has 5 rings (SSSR count). The summed E-state index contributed by atoms with van der Waals surface area (Å²) in [6.45, 7) is 0. The van der Waals surface area contributed by atoms with E-state index in [1.807, 2.05) is 6.07 Å². The molecule has 1 aliphatic rings. The molecule has 1 fully saturated rings. The summed E-state index contributed by atoms with van der Waals surface area (Å²) in [5, 5.41) is 9.10. The van der Waals surface area contributed by atoms with E-state index in [2.05, 4.69) is 15.0 Å². The number of rotatable bonds is 5. The van der Waals surface area contributed by atoms with Gasteiger partial charge in [-0.15, -0.1) is 0 Å². The summed E-state index contributed by atoms with van der Waals surface area (Å²) in [6.07, 6.45) is 4.14. The van der Waals surface area contributed by atoms with Crippen LogP contribution in [0.2, 0.25) is 0 Å². The van der Waals surface area contributed by atoms with Gasteiger partial charge in [0.2, 0.25) is 5.88 Å². The summed E-state index contributed by atoms with van der Waals surface area (Å²) in [5.74, 6) is -1.09. The molecule has 4 aromatic rings. The first-order valence-corrected chi connectivity index (χ1v) is 10.8. The zero-order valence-electron chi connectivity index (χ0n) is 17.6. The van der Waals surface area contributed by atoms with Crippen LogP contribution in [-0.4, -0.2) is 32.1 Å². The number of aliphatic carboxylic acids is 1. The van der Waals surface area contributed by atoms with Gasteiger partial charge in [-0.2, -0.15) is 0 Å². The van der Waals surface area contributed by atoms with Gasteiger partial charge < -0.3 is 14.8 Å². The first-order chi connectivity index (χ1) is 16.0. The fourth-order valence-corrected chi connectivity index (χ4v) is 4.22. The molecule has 2 aromatic heterocycles. The maximum atomic E-state index is 14.9. The van der Waals surface area contributed by atoms with E-state index in [0.29, 0.717) is 59.5 Å². The van der Waals surface area contributed by atoms with Crippen LogP contribution in [0.4, 0.5) is 8.78 Å². The molecule has 0 atom stereocenters. The van der Waals surface area contributed by atoms with E-state index in [4.69, 9.17) is 9.84 Å². The zero-order chi connectivity index (χ0) is 22.9. The van der Waals surface area contributed by atoms with E-state index in [0.717, 1.165) is 5.56 Å². The molecule has 168 valence electrons. The second-order valence-electron chi connectivity index (χ2n) is 8.26. The van der Waals surface area contributed by atoms with E-state index < -0.39 is 11.8 Å². The van der Waals surface area contributed by atoms with E-state index in [1.54, 1.807) is 30.5 Å². The van der Waals surface area contributed by atoms with Gasteiger partial charge in [0.15, 0.2) is 0 Å². The van der Waals surface area contributed by atoms with Gasteiger partial charge in [0.25, 0.3) is 0 Å². The number of pyridine rings is 1. The first-order valence-electron chi connectivity index (χ1n) is 10.8. The maximum Gasteiger partial charge on any atom is 0.306 e. The Bertz CT molecular complexity index is 1310. The fraction of sp³-hybridized carbons (Fsp3) is 0.240. The minimum absolute atomic E-state index is 0.0482. The number of aromatic amines is 1. The SMILES string of the molecule is O=C(O)C1CCC(Oc2ccc(-c3ccc(-c4nc5ccc(F)cc5[nH]4)c(F)c3)cn2)CC1. The molecular weight excluding hydrogens is 428 g/mol. The molecule has 0 spiro atoms. The molecule has 1 saturated carbocycles. The number of imidazole rings is 1. The Hall–Kier alpha value is -3.81. The van der Waals surface area contributed by atoms with Crippen LogP contribution in [0.15, 0.2) is 54.7 Å². The topological polar surface area (TPSA) is 88.1 Å². The summed E-state index contributed by atoms with van der Waals surface area (Å²) in [4.78, 5) is 22.7. The van der Waals surface area contributed by atoms with E-state index >= 15 is 0 Å². The summed E-state index contributed by atoms with van der Waals surface area (Å²) >= 11 is 0. The van der Waals surface area contributed by atoms with Crippen molar-refractivity contribution in [1.82, 2.24) is 15.0 Å². The molecular formula is C25H21F2N3O3.